The Morgan fingerprint density at radius 3 is 2.62 bits per heavy atom. The molecule has 1 aromatic carbocycles. The number of nitrogens with two attached hydrogens (primary N) is 1. The van der Waals surface area contributed by atoms with E-state index in [1.165, 1.54) is 6.08 Å². The van der Waals surface area contributed by atoms with Crippen molar-refractivity contribution in [3.63, 3.8) is 0 Å². The average molecular weight is 332 g/mol. The van der Waals surface area contributed by atoms with Crippen LogP contribution in [0.3, 0.4) is 0 Å². The maximum Gasteiger partial charge on any atom is 0.246 e. The van der Waals surface area contributed by atoms with Gasteiger partial charge in [-0.15, -0.1) is 0 Å². The highest BCUT2D eigenvalue weighted by Crippen LogP contribution is 2.26. The van der Waals surface area contributed by atoms with Crippen LogP contribution >= 0.6 is 0 Å². The first kappa shape index (κ1) is 17.8. The molecule has 6 nitrogen and oxygen atoms in total. The van der Waals surface area contributed by atoms with Gasteiger partial charge < -0.3 is 20.1 Å². The Bertz CT molecular complexity index is 642. The van der Waals surface area contributed by atoms with Gasteiger partial charge in [-0.3, -0.25) is 9.59 Å². The van der Waals surface area contributed by atoms with Crippen molar-refractivity contribution < 1.29 is 19.1 Å². The van der Waals surface area contributed by atoms with Gasteiger partial charge in [0.15, 0.2) is 0 Å². The minimum absolute atomic E-state index is 0.0931. The molecular formula is C18H24N2O4. The van der Waals surface area contributed by atoms with Crippen LogP contribution in [-0.4, -0.2) is 43.5 Å². The van der Waals surface area contributed by atoms with Crippen LogP contribution in [0, 0.1) is 5.92 Å². The molecule has 1 aliphatic heterocycles. The van der Waals surface area contributed by atoms with Crippen LogP contribution in [0.15, 0.2) is 24.3 Å². The highest BCUT2D eigenvalue weighted by atomic mass is 16.5. The monoisotopic (exact) mass is 332 g/mol. The second-order valence-corrected chi connectivity index (χ2v) is 5.96. The maximum absolute atomic E-state index is 12.5. The zero-order valence-corrected chi connectivity index (χ0v) is 14.3. The fourth-order valence-electron chi connectivity index (χ4n) is 2.86. The van der Waals surface area contributed by atoms with Crippen LogP contribution in [0.1, 0.15) is 25.3 Å². The predicted molar refractivity (Wildman–Crippen MR) is 91.7 cm³/mol. The summed E-state index contributed by atoms with van der Waals surface area (Å²) in [6, 6.07) is 5.49. The van der Waals surface area contributed by atoms with E-state index in [0.29, 0.717) is 18.0 Å². The molecule has 1 heterocycles. The largest absolute Gasteiger partial charge is 0.497 e. The van der Waals surface area contributed by atoms with Crippen LogP contribution < -0.4 is 15.2 Å². The molecule has 6 heteroatoms. The third-order valence-electron chi connectivity index (χ3n) is 4.41. The average Bonchev–Trinajstić information content (AvgIpc) is 2.59. The predicted octanol–water partition coefficient (Wildman–Crippen LogP) is 1.83. The highest BCUT2D eigenvalue weighted by molar-refractivity contribution is 5.93. The van der Waals surface area contributed by atoms with Crippen LogP contribution in [-0.2, 0) is 9.59 Å². The maximum atomic E-state index is 12.5. The number of hydrogen-bond acceptors (Lipinski definition) is 4. The molecule has 1 saturated heterocycles. The number of likely N-dealkylation sites (tertiary alicyclic amines) is 1. The fraction of sp³-hybridized carbons (Fsp3) is 0.444. The lowest BCUT2D eigenvalue weighted by Gasteiger charge is -2.36. The van der Waals surface area contributed by atoms with E-state index in [2.05, 4.69) is 0 Å². The number of rotatable bonds is 5. The summed E-state index contributed by atoms with van der Waals surface area (Å²) in [4.78, 5) is 25.6. The zero-order valence-electron chi connectivity index (χ0n) is 14.3. The molecule has 1 aliphatic rings. The van der Waals surface area contributed by atoms with E-state index in [1.807, 2.05) is 13.0 Å². The van der Waals surface area contributed by atoms with Gasteiger partial charge in [-0.25, -0.2) is 0 Å². The van der Waals surface area contributed by atoms with Crippen LogP contribution in [0.25, 0.3) is 6.08 Å². The van der Waals surface area contributed by atoms with Gasteiger partial charge in [0, 0.05) is 30.3 Å². The van der Waals surface area contributed by atoms with E-state index in [9.17, 15) is 9.59 Å². The third kappa shape index (κ3) is 4.07. The third-order valence-corrected chi connectivity index (χ3v) is 4.41. The first-order chi connectivity index (χ1) is 11.5. The minimum atomic E-state index is -0.347. The normalized spacial score (nSPS) is 20.9. The van der Waals surface area contributed by atoms with Gasteiger partial charge in [-0.05, 0) is 38.0 Å². The summed E-state index contributed by atoms with van der Waals surface area (Å²) < 4.78 is 10.5. The molecule has 0 aromatic heterocycles. The highest BCUT2D eigenvalue weighted by Gasteiger charge is 2.30. The van der Waals surface area contributed by atoms with Gasteiger partial charge in [0.2, 0.25) is 11.8 Å². The van der Waals surface area contributed by atoms with Gasteiger partial charge in [0.1, 0.15) is 11.5 Å². The van der Waals surface area contributed by atoms with Crippen molar-refractivity contribution >= 4 is 17.9 Å². The smallest absolute Gasteiger partial charge is 0.246 e. The molecule has 0 radical (unpaired) electrons. The summed E-state index contributed by atoms with van der Waals surface area (Å²) in [5, 5.41) is 0. The Labute approximate surface area is 142 Å². The van der Waals surface area contributed by atoms with E-state index in [-0.39, 0.29) is 23.8 Å². The molecule has 2 amide bonds. The second-order valence-electron chi connectivity index (χ2n) is 5.96. The number of amides is 2. The Balaban J connectivity index is 2.13. The van der Waals surface area contributed by atoms with Crippen molar-refractivity contribution in [1.29, 1.82) is 0 Å². The first-order valence-corrected chi connectivity index (χ1v) is 7.96. The Morgan fingerprint density at radius 1 is 1.25 bits per heavy atom. The molecule has 130 valence electrons. The molecule has 1 aromatic rings. The van der Waals surface area contributed by atoms with E-state index < -0.39 is 0 Å². The van der Waals surface area contributed by atoms with Crippen LogP contribution in [0.2, 0.25) is 0 Å². The van der Waals surface area contributed by atoms with Gasteiger partial charge in [-0.1, -0.05) is 0 Å². The van der Waals surface area contributed by atoms with Gasteiger partial charge in [-0.2, -0.15) is 0 Å². The van der Waals surface area contributed by atoms with Gasteiger partial charge in [0.05, 0.1) is 20.1 Å². The first-order valence-electron chi connectivity index (χ1n) is 7.96. The number of hydrogen-bond donors (Lipinski definition) is 1. The number of piperidine rings is 1. The Morgan fingerprint density at radius 2 is 2.00 bits per heavy atom. The molecular weight excluding hydrogens is 308 g/mol. The summed E-state index contributed by atoms with van der Waals surface area (Å²) in [5.74, 6) is 0.560. The number of ether oxygens (including phenoxy) is 2. The van der Waals surface area contributed by atoms with E-state index in [4.69, 9.17) is 15.2 Å². The number of carbonyl (C=O) groups excluding carboxylic acids is 2. The van der Waals surface area contributed by atoms with Crippen LogP contribution in [0.4, 0.5) is 0 Å². The molecule has 1 fully saturated rings. The molecule has 2 N–H and O–H groups in total. The standard InChI is InChI=1S/C18H24N2O4/c1-12-4-5-14(18(19)22)11-20(12)17(21)9-7-13-6-8-15(23-2)10-16(13)24-3/h6-10,12,14H,4-5,11H2,1-3H3,(H2,19,22)/b9-7+. The van der Waals surface area contributed by atoms with Gasteiger partial charge >= 0.3 is 0 Å². The number of nitrogens with zero attached hydrogens (tertiary/aromatic N) is 1. The Hall–Kier alpha value is -2.50. The molecule has 24 heavy (non-hydrogen) atoms. The molecule has 2 rings (SSSR count). The van der Waals surface area contributed by atoms with Crippen molar-refractivity contribution in [2.45, 2.75) is 25.8 Å². The molecule has 0 bridgehead atoms. The lowest BCUT2D eigenvalue weighted by atomic mass is 9.93. The lowest BCUT2D eigenvalue weighted by Crippen LogP contribution is -2.48. The van der Waals surface area contributed by atoms with Gasteiger partial charge in [0.25, 0.3) is 0 Å². The van der Waals surface area contributed by atoms with Crippen molar-refractivity contribution in [3.05, 3.63) is 29.8 Å². The topological polar surface area (TPSA) is 81.9 Å². The number of methoxy groups -OCH3 is 2. The van der Waals surface area contributed by atoms with E-state index in [0.717, 1.165) is 18.4 Å². The summed E-state index contributed by atoms with van der Waals surface area (Å²) in [6.45, 7) is 2.36. The summed E-state index contributed by atoms with van der Waals surface area (Å²) in [5.41, 5.74) is 6.16. The van der Waals surface area contributed by atoms with Crippen molar-refractivity contribution in [3.8, 4) is 11.5 Å². The van der Waals surface area contributed by atoms with Crippen molar-refractivity contribution in [1.82, 2.24) is 4.90 Å². The summed E-state index contributed by atoms with van der Waals surface area (Å²) in [6.07, 6.45) is 4.72. The molecule has 2 unspecified atom stereocenters. The molecule has 2 atom stereocenters. The minimum Gasteiger partial charge on any atom is -0.497 e. The molecule has 0 aliphatic carbocycles. The molecule has 0 saturated carbocycles. The second kappa shape index (κ2) is 7.86. The Kier molecular flexibility index (Phi) is 5.84. The SMILES string of the molecule is COc1ccc(/C=C/C(=O)N2CC(C(N)=O)CCC2C)c(OC)c1. The summed E-state index contributed by atoms with van der Waals surface area (Å²) in [7, 11) is 3.15. The molecule has 0 spiro atoms. The van der Waals surface area contributed by atoms with Crippen molar-refractivity contribution in [2.75, 3.05) is 20.8 Å². The summed E-state index contributed by atoms with van der Waals surface area (Å²) >= 11 is 0. The van der Waals surface area contributed by atoms with Crippen molar-refractivity contribution in [2.24, 2.45) is 11.7 Å². The number of benzene rings is 1. The van der Waals surface area contributed by atoms with E-state index >= 15 is 0 Å². The number of primary amides is 1. The quantitative estimate of drug-likeness (QED) is 0.834. The zero-order chi connectivity index (χ0) is 17.7. The van der Waals surface area contributed by atoms with Crippen LogP contribution in [0.5, 0.6) is 11.5 Å². The number of carbonyl (C=O) groups is 2. The lowest BCUT2D eigenvalue weighted by molar-refractivity contribution is -0.133. The van der Waals surface area contributed by atoms with E-state index in [1.54, 1.807) is 37.3 Å². The fourth-order valence-corrected chi connectivity index (χ4v) is 2.86.